The van der Waals surface area contributed by atoms with Crippen molar-refractivity contribution in [3.05, 3.63) is 59.4 Å². The van der Waals surface area contributed by atoms with Gasteiger partial charge in [-0.3, -0.25) is 0 Å². The Morgan fingerprint density at radius 1 is 1.21 bits per heavy atom. The van der Waals surface area contributed by atoms with Crippen LogP contribution in [0.1, 0.15) is 15.9 Å². The van der Waals surface area contributed by atoms with E-state index in [2.05, 4.69) is 0 Å². The van der Waals surface area contributed by atoms with Crippen LogP contribution in [0.4, 0.5) is 10.1 Å². The first-order chi connectivity index (χ1) is 9.06. The molecule has 5 heteroatoms. The maximum Gasteiger partial charge on any atom is 0.335 e. The molecule has 0 atom stereocenters. The van der Waals surface area contributed by atoms with Gasteiger partial charge in [0.2, 0.25) is 0 Å². The van der Waals surface area contributed by atoms with Gasteiger partial charge in [-0.05, 0) is 29.8 Å². The molecule has 0 saturated heterocycles. The number of anilines is 1. The third-order valence-electron chi connectivity index (χ3n) is 2.55. The minimum Gasteiger partial charge on any atom is -0.486 e. The zero-order valence-electron chi connectivity index (χ0n) is 9.97. The Balaban J connectivity index is 2.04. The summed E-state index contributed by atoms with van der Waals surface area (Å²) in [5.74, 6) is -1.41. The molecule has 0 aliphatic rings. The van der Waals surface area contributed by atoms with Crippen molar-refractivity contribution in [1.82, 2.24) is 0 Å². The molecule has 98 valence electrons. The quantitative estimate of drug-likeness (QED) is 0.830. The number of carboxylic acids is 1. The number of hydrogen-bond donors (Lipinski definition) is 2. The highest BCUT2D eigenvalue weighted by Crippen LogP contribution is 2.20. The fraction of sp³-hybridized carbons (Fsp3) is 0.0714. The molecule has 0 bridgehead atoms. The summed E-state index contributed by atoms with van der Waals surface area (Å²) >= 11 is 0. The largest absolute Gasteiger partial charge is 0.486 e. The van der Waals surface area contributed by atoms with E-state index < -0.39 is 11.8 Å². The lowest BCUT2D eigenvalue weighted by atomic mass is 10.1. The third kappa shape index (κ3) is 3.22. The van der Waals surface area contributed by atoms with E-state index in [1.165, 1.54) is 24.3 Å². The van der Waals surface area contributed by atoms with Crippen LogP contribution in [0.15, 0.2) is 42.5 Å². The first kappa shape index (κ1) is 12.9. The Hall–Kier alpha value is -2.56. The van der Waals surface area contributed by atoms with Crippen molar-refractivity contribution >= 4 is 11.7 Å². The van der Waals surface area contributed by atoms with Gasteiger partial charge in [0.15, 0.2) is 11.6 Å². The molecule has 2 aromatic rings. The lowest BCUT2D eigenvalue weighted by Crippen LogP contribution is -2.00. The Morgan fingerprint density at radius 3 is 2.47 bits per heavy atom. The smallest absolute Gasteiger partial charge is 0.335 e. The van der Waals surface area contributed by atoms with Crippen LogP contribution in [0.2, 0.25) is 0 Å². The molecular formula is C14H12FNO3. The highest BCUT2D eigenvalue weighted by molar-refractivity contribution is 5.87. The van der Waals surface area contributed by atoms with Gasteiger partial charge >= 0.3 is 5.97 Å². The molecule has 0 heterocycles. The van der Waals surface area contributed by atoms with Gasteiger partial charge in [0.1, 0.15) is 6.61 Å². The molecule has 2 rings (SSSR count). The van der Waals surface area contributed by atoms with Crippen LogP contribution >= 0.6 is 0 Å². The normalized spacial score (nSPS) is 10.2. The molecule has 19 heavy (non-hydrogen) atoms. The molecule has 0 aromatic heterocycles. The van der Waals surface area contributed by atoms with E-state index in [0.717, 1.165) is 5.56 Å². The van der Waals surface area contributed by atoms with Gasteiger partial charge in [-0.1, -0.05) is 12.1 Å². The predicted molar refractivity (Wildman–Crippen MR) is 68.5 cm³/mol. The van der Waals surface area contributed by atoms with Crippen LogP contribution in [0.5, 0.6) is 5.75 Å². The number of carbonyl (C=O) groups is 1. The Labute approximate surface area is 109 Å². The standard InChI is InChI=1S/C14H12FNO3/c15-12-7-11(16)5-6-13(12)19-8-9-1-3-10(4-2-9)14(17)18/h1-7H,8,16H2,(H,17,18). The fourth-order valence-corrected chi connectivity index (χ4v) is 1.54. The van der Waals surface area contributed by atoms with Crippen LogP contribution in [0.3, 0.4) is 0 Å². The van der Waals surface area contributed by atoms with E-state index in [0.29, 0.717) is 5.69 Å². The zero-order valence-corrected chi connectivity index (χ0v) is 9.97. The van der Waals surface area contributed by atoms with Crippen LogP contribution < -0.4 is 10.5 Å². The summed E-state index contributed by atoms with van der Waals surface area (Å²) in [7, 11) is 0. The van der Waals surface area contributed by atoms with Crippen molar-refractivity contribution in [2.24, 2.45) is 0 Å². The second-order valence-electron chi connectivity index (χ2n) is 3.98. The summed E-state index contributed by atoms with van der Waals surface area (Å²) < 4.78 is 18.7. The molecule has 3 N–H and O–H groups in total. The molecule has 4 nitrogen and oxygen atoms in total. The van der Waals surface area contributed by atoms with Crippen LogP contribution in [0.25, 0.3) is 0 Å². The van der Waals surface area contributed by atoms with E-state index in [1.807, 2.05) is 0 Å². The molecule has 0 aliphatic carbocycles. The number of ether oxygens (including phenoxy) is 1. The highest BCUT2D eigenvalue weighted by Gasteiger charge is 2.05. The van der Waals surface area contributed by atoms with Gasteiger partial charge in [-0.15, -0.1) is 0 Å². The summed E-state index contributed by atoms with van der Waals surface area (Å²) in [5, 5.41) is 8.75. The van der Waals surface area contributed by atoms with Gasteiger partial charge in [0, 0.05) is 11.8 Å². The Morgan fingerprint density at radius 2 is 1.89 bits per heavy atom. The zero-order chi connectivity index (χ0) is 13.8. The second-order valence-corrected chi connectivity index (χ2v) is 3.98. The minimum atomic E-state index is -0.989. The molecule has 0 spiro atoms. The molecule has 0 amide bonds. The number of benzene rings is 2. The molecule has 0 saturated carbocycles. The number of nitrogen functional groups attached to an aromatic ring is 1. The third-order valence-corrected chi connectivity index (χ3v) is 2.55. The Bertz CT molecular complexity index is 596. The van der Waals surface area contributed by atoms with Crippen LogP contribution in [-0.4, -0.2) is 11.1 Å². The average molecular weight is 261 g/mol. The number of aromatic carboxylic acids is 1. The minimum absolute atomic E-state index is 0.108. The second kappa shape index (κ2) is 5.39. The summed E-state index contributed by atoms with van der Waals surface area (Å²) in [4.78, 5) is 10.7. The lowest BCUT2D eigenvalue weighted by molar-refractivity contribution is 0.0697. The first-order valence-corrected chi connectivity index (χ1v) is 5.56. The molecule has 0 fully saturated rings. The van der Waals surface area contributed by atoms with Crippen molar-refractivity contribution in [1.29, 1.82) is 0 Å². The van der Waals surface area contributed by atoms with E-state index in [4.69, 9.17) is 15.6 Å². The van der Waals surface area contributed by atoms with Gasteiger partial charge in [0.05, 0.1) is 5.56 Å². The van der Waals surface area contributed by atoms with Crippen LogP contribution in [-0.2, 0) is 6.61 Å². The van der Waals surface area contributed by atoms with Crippen molar-refractivity contribution in [2.75, 3.05) is 5.73 Å². The van der Waals surface area contributed by atoms with E-state index in [9.17, 15) is 9.18 Å². The first-order valence-electron chi connectivity index (χ1n) is 5.56. The van der Waals surface area contributed by atoms with Crippen molar-refractivity contribution in [3.8, 4) is 5.75 Å². The number of nitrogens with two attached hydrogens (primary N) is 1. The van der Waals surface area contributed by atoms with E-state index in [1.54, 1.807) is 18.2 Å². The summed E-state index contributed by atoms with van der Waals surface area (Å²) in [6.45, 7) is 0.154. The fourth-order valence-electron chi connectivity index (χ4n) is 1.54. The SMILES string of the molecule is Nc1ccc(OCc2ccc(C(=O)O)cc2)c(F)c1. The summed E-state index contributed by atoms with van der Waals surface area (Å²) in [6, 6.07) is 10.4. The van der Waals surface area contributed by atoms with Crippen molar-refractivity contribution < 1.29 is 19.0 Å². The molecule has 0 radical (unpaired) electrons. The number of hydrogen-bond acceptors (Lipinski definition) is 3. The molecule has 2 aromatic carbocycles. The van der Waals surface area contributed by atoms with Crippen LogP contribution in [0, 0.1) is 5.82 Å². The summed E-state index contributed by atoms with van der Waals surface area (Å²) in [6.07, 6.45) is 0. The van der Waals surface area contributed by atoms with Crippen molar-refractivity contribution in [3.63, 3.8) is 0 Å². The van der Waals surface area contributed by atoms with Gasteiger partial charge < -0.3 is 15.6 Å². The number of rotatable bonds is 4. The van der Waals surface area contributed by atoms with E-state index >= 15 is 0 Å². The average Bonchev–Trinajstić information content (AvgIpc) is 2.38. The molecule has 0 unspecified atom stereocenters. The summed E-state index contributed by atoms with van der Waals surface area (Å²) in [5.41, 5.74) is 6.71. The number of carboxylic acid groups (broad SMARTS) is 1. The Kier molecular flexibility index (Phi) is 3.66. The molecular weight excluding hydrogens is 249 g/mol. The maximum atomic E-state index is 13.4. The van der Waals surface area contributed by atoms with Gasteiger partial charge in [-0.25, -0.2) is 9.18 Å². The highest BCUT2D eigenvalue weighted by atomic mass is 19.1. The van der Waals surface area contributed by atoms with Crippen molar-refractivity contribution in [2.45, 2.75) is 6.61 Å². The lowest BCUT2D eigenvalue weighted by Gasteiger charge is -2.08. The van der Waals surface area contributed by atoms with E-state index in [-0.39, 0.29) is 17.9 Å². The van der Waals surface area contributed by atoms with Gasteiger partial charge in [0.25, 0.3) is 0 Å². The predicted octanol–water partition coefficient (Wildman–Crippen LogP) is 2.69. The maximum absolute atomic E-state index is 13.4. The topological polar surface area (TPSA) is 72.5 Å². The van der Waals surface area contributed by atoms with Gasteiger partial charge in [-0.2, -0.15) is 0 Å². The number of halogens is 1. The monoisotopic (exact) mass is 261 g/mol. The molecule has 0 aliphatic heterocycles.